The normalized spacial score (nSPS) is 31.2. The van der Waals surface area contributed by atoms with Crippen LogP contribution in [0.3, 0.4) is 0 Å². The monoisotopic (exact) mass is 612 g/mol. The zero-order chi connectivity index (χ0) is 30.4. The van der Waals surface area contributed by atoms with Crippen molar-refractivity contribution >= 4 is 33.8 Å². The Morgan fingerprint density at radius 1 is 1.05 bits per heavy atom. The second kappa shape index (κ2) is 11.6. The standard InChI is InChI=1S/C31H40N4O7S/c1-34-14-7-3-2-4-10-22-18-31(22,29(38)33-43(40,41)24-11-12-24)32-27(36)25-16-23(17-26(25)28(34)37)42-30(39)35-15-13-20-8-5-6-9-21(20)19-35/h4-6,8-10,22-26H,2-3,7,11-19H2,1H3,(H,32,36)(H,33,38)/t22-,23-,25-,26-,31-/m1/s1. The van der Waals surface area contributed by atoms with Crippen molar-refractivity contribution in [3.63, 3.8) is 0 Å². The third-order valence-electron chi connectivity index (χ3n) is 9.65. The minimum atomic E-state index is -3.81. The van der Waals surface area contributed by atoms with Crippen LogP contribution in [0.5, 0.6) is 0 Å². The van der Waals surface area contributed by atoms with Gasteiger partial charge in [-0.1, -0.05) is 36.4 Å². The molecule has 3 fully saturated rings. The molecule has 12 heteroatoms. The van der Waals surface area contributed by atoms with Gasteiger partial charge in [0, 0.05) is 32.6 Å². The van der Waals surface area contributed by atoms with Gasteiger partial charge in [-0.15, -0.1) is 0 Å². The Hall–Kier alpha value is -3.41. The molecule has 1 aromatic rings. The maximum absolute atomic E-state index is 13.9. The second-order valence-corrected chi connectivity index (χ2v) is 14.7. The van der Waals surface area contributed by atoms with Gasteiger partial charge in [-0.2, -0.15) is 0 Å². The van der Waals surface area contributed by atoms with Gasteiger partial charge in [-0.25, -0.2) is 13.2 Å². The van der Waals surface area contributed by atoms with Crippen molar-refractivity contribution < 1.29 is 32.3 Å². The largest absolute Gasteiger partial charge is 0.446 e. The van der Waals surface area contributed by atoms with Gasteiger partial charge in [0.1, 0.15) is 11.6 Å². The first kappa shape index (κ1) is 29.7. The van der Waals surface area contributed by atoms with Gasteiger partial charge >= 0.3 is 6.09 Å². The Bertz CT molecular complexity index is 1440. The zero-order valence-corrected chi connectivity index (χ0v) is 25.3. The molecule has 3 saturated carbocycles. The van der Waals surface area contributed by atoms with Crippen molar-refractivity contribution in [2.24, 2.45) is 17.8 Å². The van der Waals surface area contributed by atoms with Crippen molar-refractivity contribution in [2.75, 3.05) is 20.1 Å². The number of rotatable bonds is 4. The van der Waals surface area contributed by atoms with Crippen LogP contribution in [0.25, 0.3) is 0 Å². The average molecular weight is 613 g/mol. The molecule has 0 unspecified atom stereocenters. The molecule has 4 amide bonds. The fourth-order valence-electron chi connectivity index (χ4n) is 6.76. The molecule has 232 valence electrons. The van der Waals surface area contributed by atoms with Gasteiger partial charge in [0.15, 0.2) is 0 Å². The highest BCUT2D eigenvalue weighted by molar-refractivity contribution is 7.91. The molecule has 0 aromatic heterocycles. The molecule has 43 heavy (non-hydrogen) atoms. The van der Waals surface area contributed by atoms with E-state index in [4.69, 9.17) is 4.74 Å². The molecule has 0 saturated heterocycles. The van der Waals surface area contributed by atoms with E-state index in [1.54, 1.807) is 16.8 Å². The van der Waals surface area contributed by atoms with E-state index in [-0.39, 0.29) is 31.1 Å². The van der Waals surface area contributed by atoms with Crippen molar-refractivity contribution in [3.8, 4) is 0 Å². The number of sulfonamides is 1. The Kier molecular flexibility index (Phi) is 7.99. The SMILES string of the molecule is CN1CCCCC=C[C@@H]2C[C@@]2(C(=O)NS(=O)(=O)C2CC2)NC(=O)[C@@H]2C[C@@H](OC(=O)N3CCc4ccccc4C3)C[C@H]2C1=O. The number of hydrogen-bond donors (Lipinski definition) is 2. The van der Waals surface area contributed by atoms with E-state index in [2.05, 4.69) is 16.1 Å². The van der Waals surface area contributed by atoms with Crippen LogP contribution in [0, 0.1) is 17.8 Å². The van der Waals surface area contributed by atoms with E-state index in [9.17, 15) is 27.6 Å². The van der Waals surface area contributed by atoms with E-state index < -0.39 is 56.7 Å². The Balaban J connectivity index is 1.19. The smallest absolute Gasteiger partial charge is 0.410 e. The van der Waals surface area contributed by atoms with Crippen LogP contribution in [0.4, 0.5) is 4.79 Å². The predicted molar refractivity (Wildman–Crippen MR) is 157 cm³/mol. The van der Waals surface area contributed by atoms with Crippen LogP contribution >= 0.6 is 0 Å². The van der Waals surface area contributed by atoms with Crippen LogP contribution in [0.15, 0.2) is 36.4 Å². The quantitative estimate of drug-likeness (QED) is 0.497. The van der Waals surface area contributed by atoms with Crippen molar-refractivity contribution in [2.45, 2.75) is 81.2 Å². The van der Waals surface area contributed by atoms with Crippen LogP contribution < -0.4 is 10.0 Å². The number of fused-ring (bicyclic) bond motifs is 3. The number of hydrogen-bond acceptors (Lipinski definition) is 7. The summed E-state index contributed by atoms with van der Waals surface area (Å²) in [5, 5.41) is 2.29. The molecule has 2 aliphatic heterocycles. The number of ether oxygens (including phenoxy) is 1. The summed E-state index contributed by atoms with van der Waals surface area (Å²) in [5.74, 6) is -3.32. The van der Waals surface area contributed by atoms with Gasteiger partial charge in [0.2, 0.25) is 21.8 Å². The third-order valence-corrected chi connectivity index (χ3v) is 11.5. The summed E-state index contributed by atoms with van der Waals surface area (Å²) in [6.07, 6.45) is 7.47. The number of nitrogens with zero attached hydrogens (tertiary/aromatic N) is 2. The number of carbonyl (C=O) groups excluding carboxylic acids is 4. The average Bonchev–Trinajstić information content (AvgIpc) is 3.91. The molecule has 2 N–H and O–H groups in total. The van der Waals surface area contributed by atoms with E-state index in [0.29, 0.717) is 32.5 Å². The van der Waals surface area contributed by atoms with E-state index in [0.717, 1.165) is 31.2 Å². The third kappa shape index (κ3) is 6.16. The fraction of sp³-hybridized carbons (Fsp3) is 0.613. The maximum Gasteiger partial charge on any atom is 0.410 e. The summed E-state index contributed by atoms with van der Waals surface area (Å²) in [4.78, 5) is 57.3. The van der Waals surface area contributed by atoms with Crippen LogP contribution in [0.2, 0.25) is 0 Å². The van der Waals surface area contributed by atoms with Crippen LogP contribution in [0.1, 0.15) is 62.5 Å². The molecule has 0 radical (unpaired) electrons. The lowest BCUT2D eigenvalue weighted by Gasteiger charge is -2.29. The predicted octanol–water partition coefficient (Wildman–Crippen LogP) is 2.26. The van der Waals surface area contributed by atoms with Gasteiger partial charge in [-0.05, 0) is 68.9 Å². The molecule has 0 bridgehead atoms. The van der Waals surface area contributed by atoms with Crippen LogP contribution in [-0.2, 0) is 42.1 Å². The molecule has 0 spiro atoms. The fourth-order valence-corrected chi connectivity index (χ4v) is 8.12. The Morgan fingerprint density at radius 2 is 1.79 bits per heavy atom. The first-order valence-corrected chi connectivity index (χ1v) is 16.9. The van der Waals surface area contributed by atoms with E-state index in [1.807, 2.05) is 30.4 Å². The Morgan fingerprint density at radius 3 is 2.56 bits per heavy atom. The number of carbonyl (C=O) groups is 4. The number of nitrogens with one attached hydrogen (secondary N) is 2. The van der Waals surface area contributed by atoms with Gasteiger partial charge in [0.25, 0.3) is 5.91 Å². The van der Waals surface area contributed by atoms with E-state index in [1.165, 1.54) is 5.56 Å². The summed E-state index contributed by atoms with van der Waals surface area (Å²) in [5.41, 5.74) is 0.884. The number of amides is 4. The highest BCUT2D eigenvalue weighted by atomic mass is 32.2. The first-order chi connectivity index (χ1) is 20.6. The molecule has 3 aliphatic carbocycles. The maximum atomic E-state index is 13.9. The summed E-state index contributed by atoms with van der Waals surface area (Å²) >= 11 is 0. The molecule has 1 aromatic carbocycles. The molecule has 5 aliphatic rings. The lowest BCUT2D eigenvalue weighted by atomic mass is 9.93. The lowest BCUT2D eigenvalue weighted by molar-refractivity contribution is -0.140. The summed E-state index contributed by atoms with van der Waals surface area (Å²) in [6.45, 7) is 1.50. The molecule has 2 heterocycles. The topological polar surface area (TPSA) is 142 Å². The minimum absolute atomic E-state index is 0.144. The molecule has 11 nitrogen and oxygen atoms in total. The Labute approximate surface area is 252 Å². The minimum Gasteiger partial charge on any atom is -0.446 e. The van der Waals surface area contributed by atoms with E-state index >= 15 is 0 Å². The summed E-state index contributed by atoms with van der Waals surface area (Å²) < 4.78 is 33.3. The van der Waals surface area contributed by atoms with Gasteiger partial charge in [0.05, 0.1) is 17.1 Å². The first-order valence-electron chi connectivity index (χ1n) is 15.4. The molecular weight excluding hydrogens is 572 g/mol. The summed E-state index contributed by atoms with van der Waals surface area (Å²) in [6, 6.07) is 7.97. The number of allylic oxidation sites excluding steroid dienone is 1. The highest BCUT2D eigenvalue weighted by Gasteiger charge is 2.62. The van der Waals surface area contributed by atoms with Crippen LogP contribution in [-0.4, -0.2) is 79.1 Å². The molecule has 5 atom stereocenters. The second-order valence-electron chi connectivity index (χ2n) is 12.8. The van der Waals surface area contributed by atoms with Crippen molar-refractivity contribution in [1.29, 1.82) is 0 Å². The van der Waals surface area contributed by atoms with Gasteiger partial charge in [-0.3, -0.25) is 19.1 Å². The van der Waals surface area contributed by atoms with Crippen molar-refractivity contribution in [3.05, 3.63) is 47.5 Å². The summed E-state index contributed by atoms with van der Waals surface area (Å²) in [7, 11) is -2.09. The van der Waals surface area contributed by atoms with Gasteiger partial charge < -0.3 is 19.9 Å². The highest BCUT2D eigenvalue weighted by Crippen LogP contribution is 2.47. The number of benzene rings is 1. The molecular formula is C31H40N4O7S. The zero-order valence-electron chi connectivity index (χ0n) is 24.5. The van der Waals surface area contributed by atoms with Crippen molar-refractivity contribution in [1.82, 2.24) is 19.8 Å². The molecule has 6 rings (SSSR count). The lowest BCUT2D eigenvalue weighted by Crippen LogP contribution is -2.54.